The SMILES string of the molecule is Cc1cccc([C@H]2CCCN2C(=O)Cc2ccccc2Cl)c1. The summed E-state index contributed by atoms with van der Waals surface area (Å²) in [4.78, 5) is 14.7. The predicted molar refractivity (Wildman–Crippen MR) is 90.0 cm³/mol. The van der Waals surface area contributed by atoms with Crippen molar-refractivity contribution < 1.29 is 4.79 Å². The van der Waals surface area contributed by atoms with E-state index in [1.807, 2.05) is 29.2 Å². The van der Waals surface area contributed by atoms with Crippen LogP contribution in [0.1, 0.15) is 35.6 Å². The molecule has 3 rings (SSSR count). The normalized spacial score (nSPS) is 17.7. The highest BCUT2D eigenvalue weighted by atomic mass is 35.5. The molecule has 2 aromatic carbocycles. The first-order valence-electron chi connectivity index (χ1n) is 7.74. The average molecular weight is 314 g/mol. The Kier molecular flexibility index (Phi) is 4.49. The standard InChI is InChI=1S/C19H20ClNO/c1-14-6-4-8-16(12-14)18-10-5-11-21(18)19(22)13-15-7-2-3-9-17(15)20/h2-4,6-9,12,18H,5,10-11,13H2,1H3/t18-/m1/s1. The van der Waals surface area contributed by atoms with E-state index in [0.29, 0.717) is 11.4 Å². The van der Waals surface area contributed by atoms with E-state index in [1.165, 1.54) is 11.1 Å². The van der Waals surface area contributed by atoms with Crippen LogP contribution in [0.2, 0.25) is 5.02 Å². The zero-order valence-corrected chi connectivity index (χ0v) is 13.5. The smallest absolute Gasteiger partial charge is 0.227 e. The van der Waals surface area contributed by atoms with Crippen molar-refractivity contribution in [2.75, 3.05) is 6.54 Å². The van der Waals surface area contributed by atoms with Crippen LogP contribution in [0.5, 0.6) is 0 Å². The van der Waals surface area contributed by atoms with Crippen LogP contribution in [-0.2, 0) is 11.2 Å². The highest BCUT2D eigenvalue weighted by molar-refractivity contribution is 6.31. The summed E-state index contributed by atoms with van der Waals surface area (Å²) in [6.45, 7) is 2.93. The molecular weight excluding hydrogens is 294 g/mol. The van der Waals surface area contributed by atoms with Crippen molar-refractivity contribution in [3.63, 3.8) is 0 Å². The lowest BCUT2D eigenvalue weighted by atomic mass is 10.0. The Balaban J connectivity index is 1.78. The Labute approximate surface area is 136 Å². The van der Waals surface area contributed by atoms with Crippen LogP contribution in [0.4, 0.5) is 0 Å². The third-order valence-electron chi connectivity index (χ3n) is 4.30. The molecule has 22 heavy (non-hydrogen) atoms. The molecule has 1 aliphatic heterocycles. The fourth-order valence-corrected chi connectivity index (χ4v) is 3.40. The van der Waals surface area contributed by atoms with Crippen LogP contribution in [0.25, 0.3) is 0 Å². The number of carbonyl (C=O) groups is 1. The number of hydrogen-bond acceptors (Lipinski definition) is 1. The molecule has 1 fully saturated rings. The van der Waals surface area contributed by atoms with E-state index in [4.69, 9.17) is 11.6 Å². The van der Waals surface area contributed by atoms with E-state index in [1.54, 1.807) is 0 Å². The molecule has 1 heterocycles. The Hall–Kier alpha value is -1.80. The number of amides is 1. The molecule has 0 aliphatic carbocycles. The monoisotopic (exact) mass is 313 g/mol. The predicted octanol–water partition coefficient (Wildman–Crippen LogP) is 4.55. The first-order valence-corrected chi connectivity index (χ1v) is 8.12. The lowest BCUT2D eigenvalue weighted by Gasteiger charge is -2.25. The van der Waals surface area contributed by atoms with Gasteiger partial charge < -0.3 is 4.90 Å². The van der Waals surface area contributed by atoms with Crippen LogP contribution < -0.4 is 0 Å². The highest BCUT2D eigenvalue weighted by Gasteiger charge is 2.29. The molecule has 1 aliphatic rings. The largest absolute Gasteiger partial charge is 0.335 e. The summed E-state index contributed by atoms with van der Waals surface area (Å²) < 4.78 is 0. The Bertz CT molecular complexity index is 683. The van der Waals surface area contributed by atoms with Crippen molar-refractivity contribution in [2.45, 2.75) is 32.2 Å². The molecule has 2 nitrogen and oxygen atoms in total. The zero-order chi connectivity index (χ0) is 15.5. The Morgan fingerprint density at radius 2 is 2.05 bits per heavy atom. The second kappa shape index (κ2) is 6.53. The fourth-order valence-electron chi connectivity index (χ4n) is 3.20. The van der Waals surface area contributed by atoms with Gasteiger partial charge in [0.25, 0.3) is 0 Å². The van der Waals surface area contributed by atoms with E-state index in [-0.39, 0.29) is 11.9 Å². The van der Waals surface area contributed by atoms with Gasteiger partial charge in [-0.25, -0.2) is 0 Å². The molecule has 0 radical (unpaired) electrons. The van der Waals surface area contributed by atoms with Crippen molar-refractivity contribution in [3.8, 4) is 0 Å². The molecule has 2 aromatic rings. The summed E-state index contributed by atoms with van der Waals surface area (Å²) in [5, 5.41) is 0.669. The number of hydrogen-bond donors (Lipinski definition) is 0. The molecule has 0 unspecified atom stereocenters. The van der Waals surface area contributed by atoms with Crippen LogP contribution in [0, 0.1) is 6.92 Å². The highest BCUT2D eigenvalue weighted by Crippen LogP contribution is 2.33. The molecule has 1 amide bonds. The zero-order valence-electron chi connectivity index (χ0n) is 12.8. The summed E-state index contributed by atoms with van der Waals surface area (Å²) in [5.41, 5.74) is 3.39. The van der Waals surface area contributed by atoms with Gasteiger partial charge in [0.2, 0.25) is 5.91 Å². The van der Waals surface area contributed by atoms with Crippen LogP contribution in [0.3, 0.4) is 0 Å². The third-order valence-corrected chi connectivity index (χ3v) is 4.67. The lowest BCUT2D eigenvalue weighted by Crippen LogP contribution is -2.31. The van der Waals surface area contributed by atoms with E-state index in [0.717, 1.165) is 24.9 Å². The molecule has 0 spiro atoms. The number of benzene rings is 2. The number of carbonyl (C=O) groups excluding carboxylic acids is 1. The van der Waals surface area contributed by atoms with Gasteiger partial charge in [-0.3, -0.25) is 4.79 Å². The minimum absolute atomic E-state index is 0.164. The minimum Gasteiger partial charge on any atom is -0.335 e. The first kappa shape index (κ1) is 15.1. The first-order chi connectivity index (χ1) is 10.6. The summed E-state index contributed by atoms with van der Waals surface area (Å²) in [6.07, 6.45) is 2.48. The molecule has 114 valence electrons. The van der Waals surface area contributed by atoms with Gasteiger partial charge >= 0.3 is 0 Å². The summed E-state index contributed by atoms with van der Waals surface area (Å²) >= 11 is 6.18. The number of aryl methyl sites for hydroxylation is 1. The van der Waals surface area contributed by atoms with E-state index < -0.39 is 0 Å². The van der Waals surface area contributed by atoms with E-state index >= 15 is 0 Å². The van der Waals surface area contributed by atoms with Crippen LogP contribution in [0.15, 0.2) is 48.5 Å². The second-order valence-electron chi connectivity index (χ2n) is 5.93. The summed E-state index contributed by atoms with van der Waals surface area (Å²) in [6, 6.07) is 16.3. The molecule has 1 saturated heterocycles. The molecule has 0 bridgehead atoms. The fraction of sp³-hybridized carbons (Fsp3) is 0.316. The summed E-state index contributed by atoms with van der Waals surface area (Å²) in [7, 11) is 0. The van der Waals surface area contributed by atoms with Gasteiger partial charge in [0.15, 0.2) is 0 Å². The van der Waals surface area contributed by atoms with E-state index in [9.17, 15) is 4.79 Å². The maximum absolute atomic E-state index is 12.7. The topological polar surface area (TPSA) is 20.3 Å². The molecule has 0 aromatic heterocycles. The molecule has 0 saturated carbocycles. The number of rotatable bonds is 3. The molecule has 1 atom stereocenters. The molecule has 0 N–H and O–H groups in total. The van der Waals surface area contributed by atoms with E-state index in [2.05, 4.69) is 31.2 Å². The van der Waals surface area contributed by atoms with Gasteiger partial charge in [-0.15, -0.1) is 0 Å². The van der Waals surface area contributed by atoms with Crippen LogP contribution >= 0.6 is 11.6 Å². The van der Waals surface area contributed by atoms with Crippen molar-refractivity contribution in [1.29, 1.82) is 0 Å². The Morgan fingerprint density at radius 1 is 1.23 bits per heavy atom. The van der Waals surface area contributed by atoms with Gasteiger partial charge in [-0.2, -0.15) is 0 Å². The van der Waals surface area contributed by atoms with Gasteiger partial charge in [0.1, 0.15) is 0 Å². The van der Waals surface area contributed by atoms with Gasteiger partial charge in [-0.1, -0.05) is 59.6 Å². The lowest BCUT2D eigenvalue weighted by molar-refractivity contribution is -0.131. The quantitative estimate of drug-likeness (QED) is 0.813. The summed E-state index contributed by atoms with van der Waals surface area (Å²) in [5.74, 6) is 0.164. The number of likely N-dealkylation sites (tertiary alicyclic amines) is 1. The van der Waals surface area contributed by atoms with Crippen molar-refractivity contribution in [3.05, 3.63) is 70.2 Å². The van der Waals surface area contributed by atoms with Crippen molar-refractivity contribution in [2.24, 2.45) is 0 Å². The number of halogens is 1. The van der Waals surface area contributed by atoms with Gasteiger partial charge in [0.05, 0.1) is 12.5 Å². The minimum atomic E-state index is 0.164. The molecular formula is C19H20ClNO. The molecule has 3 heteroatoms. The van der Waals surface area contributed by atoms with Crippen molar-refractivity contribution in [1.82, 2.24) is 4.90 Å². The second-order valence-corrected chi connectivity index (χ2v) is 6.33. The third kappa shape index (κ3) is 3.17. The van der Waals surface area contributed by atoms with Crippen molar-refractivity contribution >= 4 is 17.5 Å². The maximum Gasteiger partial charge on any atom is 0.227 e. The Morgan fingerprint density at radius 3 is 2.82 bits per heavy atom. The average Bonchev–Trinajstić information content (AvgIpc) is 2.99. The number of nitrogens with zero attached hydrogens (tertiary/aromatic N) is 1. The van der Waals surface area contributed by atoms with Gasteiger partial charge in [-0.05, 0) is 37.0 Å². The van der Waals surface area contributed by atoms with Gasteiger partial charge in [0, 0.05) is 11.6 Å². The van der Waals surface area contributed by atoms with Crippen LogP contribution in [-0.4, -0.2) is 17.4 Å². The maximum atomic E-state index is 12.7.